The predicted molar refractivity (Wildman–Crippen MR) is 140 cm³/mol. The third-order valence-corrected chi connectivity index (χ3v) is 7.76. The Morgan fingerprint density at radius 2 is 1.66 bits per heavy atom. The molecule has 3 aromatic carbocycles. The van der Waals surface area contributed by atoms with Crippen molar-refractivity contribution in [3.8, 4) is 0 Å². The van der Waals surface area contributed by atoms with E-state index in [0.717, 1.165) is 16.2 Å². The highest BCUT2D eigenvalue weighted by atomic mass is 16.6. The number of anilines is 2. The number of nitro benzene ring substituents is 1. The molecule has 0 saturated carbocycles. The van der Waals surface area contributed by atoms with E-state index in [0.29, 0.717) is 37.4 Å². The molecule has 2 saturated heterocycles. The molecule has 3 heterocycles. The molecule has 10 nitrogen and oxygen atoms in total. The quantitative estimate of drug-likeness (QED) is 0.325. The Labute approximate surface area is 218 Å². The summed E-state index contributed by atoms with van der Waals surface area (Å²) < 4.78 is 0. The van der Waals surface area contributed by atoms with Gasteiger partial charge in [0, 0.05) is 50.4 Å². The third-order valence-electron chi connectivity index (χ3n) is 7.76. The number of para-hydroxylation sites is 1. The minimum atomic E-state index is -1.65. The van der Waals surface area contributed by atoms with Gasteiger partial charge in [-0.05, 0) is 29.3 Å². The van der Waals surface area contributed by atoms with Crippen molar-refractivity contribution in [3.05, 3.63) is 100 Å². The standard InChI is InChI=1S/C28H25N5O5/c34-25-28(26(35)32(27(36)29-25)21-9-5-2-6-10-21)16-20-15-22(33(37)38)11-12-23(20)31-14-13-30(18-24(28)31)17-19-7-3-1-4-8-19/h1-12,15,24H,13-14,16-18H2,(H,29,34,36)/t24-,28-/m1/s1. The molecule has 0 aromatic heterocycles. The van der Waals surface area contributed by atoms with Crippen LogP contribution >= 0.6 is 0 Å². The number of non-ortho nitro benzene ring substituents is 1. The van der Waals surface area contributed by atoms with E-state index in [4.69, 9.17) is 0 Å². The van der Waals surface area contributed by atoms with Gasteiger partial charge in [-0.3, -0.25) is 29.9 Å². The van der Waals surface area contributed by atoms with Crippen LogP contribution in [0, 0.1) is 15.5 Å². The molecule has 3 aliphatic heterocycles. The van der Waals surface area contributed by atoms with E-state index in [1.54, 1.807) is 36.4 Å². The fraction of sp³-hybridized carbons (Fsp3) is 0.250. The topological polar surface area (TPSA) is 116 Å². The van der Waals surface area contributed by atoms with Gasteiger partial charge in [0.15, 0.2) is 5.41 Å². The number of fused-ring (bicyclic) bond motifs is 4. The number of benzene rings is 3. The molecule has 0 bridgehead atoms. The number of rotatable bonds is 4. The number of amides is 4. The number of urea groups is 1. The molecule has 1 spiro atoms. The molecular weight excluding hydrogens is 486 g/mol. The molecule has 0 radical (unpaired) electrons. The van der Waals surface area contributed by atoms with Crippen molar-refractivity contribution in [2.75, 3.05) is 29.4 Å². The molecule has 1 N–H and O–H groups in total. The third kappa shape index (κ3) is 3.72. The van der Waals surface area contributed by atoms with Gasteiger partial charge in [-0.2, -0.15) is 0 Å². The first-order valence-electron chi connectivity index (χ1n) is 12.4. The van der Waals surface area contributed by atoms with Crippen molar-refractivity contribution in [3.63, 3.8) is 0 Å². The average Bonchev–Trinajstić information content (AvgIpc) is 2.92. The van der Waals surface area contributed by atoms with E-state index in [-0.39, 0.29) is 12.1 Å². The maximum Gasteiger partial charge on any atom is 0.335 e. The zero-order chi connectivity index (χ0) is 26.4. The maximum absolute atomic E-state index is 14.3. The van der Waals surface area contributed by atoms with Crippen LogP contribution in [0.25, 0.3) is 0 Å². The van der Waals surface area contributed by atoms with Crippen molar-refractivity contribution >= 4 is 34.9 Å². The van der Waals surface area contributed by atoms with Gasteiger partial charge < -0.3 is 4.90 Å². The molecule has 4 amide bonds. The fourth-order valence-corrected chi connectivity index (χ4v) is 5.98. The summed E-state index contributed by atoms with van der Waals surface area (Å²) in [5.74, 6) is -1.29. The summed E-state index contributed by atoms with van der Waals surface area (Å²) in [6.07, 6.45) is -0.0500. The van der Waals surface area contributed by atoms with Crippen LogP contribution in [0.1, 0.15) is 11.1 Å². The summed E-state index contributed by atoms with van der Waals surface area (Å²) in [6.45, 7) is 2.24. The van der Waals surface area contributed by atoms with Crippen LogP contribution in [0.4, 0.5) is 21.9 Å². The number of carbonyl (C=O) groups excluding carboxylic acids is 3. The first kappa shape index (κ1) is 23.8. The molecule has 3 aromatic rings. The highest BCUT2D eigenvalue weighted by Crippen LogP contribution is 2.47. The molecule has 2 fully saturated rings. The number of nitrogens with zero attached hydrogens (tertiary/aromatic N) is 4. The van der Waals surface area contributed by atoms with Crippen molar-refractivity contribution in [2.24, 2.45) is 5.41 Å². The second-order valence-corrected chi connectivity index (χ2v) is 9.88. The van der Waals surface area contributed by atoms with Crippen LogP contribution in [-0.2, 0) is 22.6 Å². The minimum Gasteiger partial charge on any atom is -0.364 e. The zero-order valence-corrected chi connectivity index (χ0v) is 20.4. The van der Waals surface area contributed by atoms with Gasteiger partial charge in [-0.15, -0.1) is 0 Å². The van der Waals surface area contributed by atoms with Crippen molar-refractivity contribution < 1.29 is 19.3 Å². The first-order chi connectivity index (χ1) is 18.4. The molecule has 6 rings (SSSR count). The lowest BCUT2D eigenvalue weighted by atomic mass is 9.67. The van der Waals surface area contributed by atoms with Gasteiger partial charge in [-0.1, -0.05) is 48.5 Å². The molecule has 10 heteroatoms. The van der Waals surface area contributed by atoms with Gasteiger partial charge in [0.2, 0.25) is 5.91 Å². The molecule has 3 aliphatic rings. The summed E-state index contributed by atoms with van der Waals surface area (Å²) >= 11 is 0. The zero-order valence-electron chi connectivity index (χ0n) is 20.4. The highest BCUT2D eigenvalue weighted by Gasteiger charge is 2.63. The fourth-order valence-electron chi connectivity index (χ4n) is 5.98. The number of carbonyl (C=O) groups is 3. The summed E-state index contributed by atoms with van der Waals surface area (Å²) in [5, 5.41) is 14.0. The van der Waals surface area contributed by atoms with E-state index in [2.05, 4.69) is 10.2 Å². The second-order valence-electron chi connectivity index (χ2n) is 9.88. The van der Waals surface area contributed by atoms with Crippen LogP contribution in [0.2, 0.25) is 0 Å². The molecule has 192 valence electrons. The number of nitrogens with one attached hydrogen (secondary N) is 1. The van der Waals surface area contributed by atoms with E-state index in [1.165, 1.54) is 12.1 Å². The summed E-state index contributed by atoms with van der Waals surface area (Å²) in [5.41, 5.74) is 1.02. The first-order valence-corrected chi connectivity index (χ1v) is 12.4. The van der Waals surface area contributed by atoms with Crippen molar-refractivity contribution in [2.45, 2.75) is 19.0 Å². The number of hydrogen-bond donors (Lipinski definition) is 1. The van der Waals surface area contributed by atoms with Gasteiger partial charge >= 0.3 is 6.03 Å². The number of imide groups is 2. The lowest BCUT2D eigenvalue weighted by Gasteiger charge is -2.55. The highest BCUT2D eigenvalue weighted by molar-refractivity contribution is 6.30. The number of hydrogen-bond acceptors (Lipinski definition) is 7. The Kier molecular flexibility index (Phi) is 5.68. The summed E-state index contributed by atoms with van der Waals surface area (Å²) in [7, 11) is 0. The van der Waals surface area contributed by atoms with Gasteiger partial charge in [0.1, 0.15) is 0 Å². The van der Waals surface area contributed by atoms with Crippen LogP contribution < -0.4 is 15.1 Å². The van der Waals surface area contributed by atoms with E-state index in [1.807, 2.05) is 35.2 Å². The monoisotopic (exact) mass is 511 g/mol. The SMILES string of the molecule is O=C1NC(=O)[C@]2(Cc3cc([N+](=O)[O-])ccc3N3CCN(Cc4ccccc4)C[C@@H]32)C(=O)N1c1ccccc1. The Morgan fingerprint density at radius 1 is 0.947 bits per heavy atom. The molecule has 38 heavy (non-hydrogen) atoms. The van der Waals surface area contributed by atoms with Gasteiger partial charge in [0.25, 0.3) is 11.6 Å². The largest absolute Gasteiger partial charge is 0.364 e. The van der Waals surface area contributed by atoms with Gasteiger partial charge in [-0.25, -0.2) is 9.69 Å². The summed E-state index contributed by atoms with van der Waals surface area (Å²) in [6, 6.07) is 21.7. The Hall–Kier alpha value is -4.57. The van der Waals surface area contributed by atoms with Gasteiger partial charge in [0.05, 0.1) is 16.7 Å². The number of nitro groups is 1. The Morgan fingerprint density at radius 3 is 2.37 bits per heavy atom. The minimum absolute atomic E-state index is 0.0500. The van der Waals surface area contributed by atoms with Crippen LogP contribution in [0.15, 0.2) is 78.9 Å². The smallest absolute Gasteiger partial charge is 0.335 e. The van der Waals surface area contributed by atoms with Crippen LogP contribution in [-0.4, -0.2) is 53.3 Å². The number of barbiturate groups is 1. The second kappa shape index (κ2) is 9.07. The lowest BCUT2D eigenvalue weighted by Crippen LogP contribution is -2.75. The lowest BCUT2D eigenvalue weighted by molar-refractivity contribution is -0.384. The van der Waals surface area contributed by atoms with Crippen molar-refractivity contribution in [1.82, 2.24) is 10.2 Å². The predicted octanol–water partition coefficient (Wildman–Crippen LogP) is 3.11. The van der Waals surface area contributed by atoms with Crippen molar-refractivity contribution in [1.29, 1.82) is 0 Å². The Balaban J connectivity index is 1.46. The van der Waals surface area contributed by atoms with E-state index in [9.17, 15) is 24.5 Å². The molecule has 0 unspecified atom stereocenters. The Bertz CT molecular complexity index is 1450. The molecule has 2 atom stereocenters. The maximum atomic E-state index is 14.3. The van der Waals surface area contributed by atoms with Crippen LogP contribution in [0.5, 0.6) is 0 Å². The molecule has 0 aliphatic carbocycles. The number of piperazine rings is 1. The van der Waals surface area contributed by atoms with E-state index >= 15 is 0 Å². The summed E-state index contributed by atoms with van der Waals surface area (Å²) in [4.78, 5) is 57.4. The normalized spacial score (nSPS) is 23.2. The molecular formula is C28H25N5O5. The average molecular weight is 512 g/mol. The van der Waals surface area contributed by atoms with E-state index < -0.39 is 34.2 Å². The van der Waals surface area contributed by atoms with Crippen LogP contribution in [0.3, 0.4) is 0 Å².